The molecular formula is C22H20N4O2S. The van der Waals surface area contributed by atoms with Gasteiger partial charge in [0.05, 0.1) is 11.7 Å². The molecule has 6 nitrogen and oxygen atoms in total. The Bertz CT molecular complexity index is 1020. The fourth-order valence-corrected chi connectivity index (χ4v) is 4.12. The smallest absolute Gasteiger partial charge is 0.268 e. The van der Waals surface area contributed by atoms with Crippen molar-refractivity contribution in [3.8, 4) is 0 Å². The maximum atomic E-state index is 13.1. The van der Waals surface area contributed by atoms with Gasteiger partial charge in [0.25, 0.3) is 5.91 Å². The van der Waals surface area contributed by atoms with Crippen LogP contribution in [0.3, 0.4) is 0 Å². The van der Waals surface area contributed by atoms with E-state index in [9.17, 15) is 9.59 Å². The molecule has 0 fully saturated rings. The van der Waals surface area contributed by atoms with E-state index in [1.54, 1.807) is 11.3 Å². The summed E-state index contributed by atoms with van der Waals surface area (Å²) >= 11 is 1.57. The molecule has 3 N–H and O–H groups in total. The number of hydrogen-bond donors (Lipinski definition) is 2. The van der Waals surface area contributed by atoms with Gasteiger partial charge in [-0.25, -0.2) is 0 Å². The van der Waals surface area contributed by atoms with Crippen LogP contribution in [0.2, 0.25) is 0 Å². The average molecular weight is 404 g/mol. The summed E-state index contributed by atoms with van der Waals surface area (Å²) in [6, 6.07) is 22.0. The van der Waals surface area contributed by atoms with Gasteiger partial charge < -0.3 is 11.1 Å². The number of carbonyl (C=O) groups is 2. The summed E-state index contributed by atoms with van der Waals surface area (Å²) in [7, 11) is 0. The van der Waals surface area contributed by atoms with E-state index < -0.39 is 11.9 Å². The van der Waals surface area contributed by atoms with Crippen molar-refractivity contribution < 1.29 is 9.59 Å². The van der Waals surface area contributed by atoms with Crippen LogP contribution in [0.4, 0.5) is 5.69 Å². The Morgan fingerprint density at radius 3 is 2.34 bits per heavy atom. The number of rotatable bonds is 6. The Morgan fingerprint density at radius 1 is 1.03 bits per heavy atom. The number of nitrogens with zero attached hydrogens (tertiary/aromatic N) is 2. The molecule has 1 aromatic heterocycles. The molecule has 0 spiro atoms. The minimum absolute atomic E-state index is 0.169. The number of primary amides is 1. The van der Waals surface area contributed by atoms with Gasteiger partial charge in [-0.1, -0.05) is 54.6 Å². The summed E-state index contributed by atoms with van der Waals surface area (Å²) in [5.41, 5.74) is 7.56. The van der Waals surface area contributed by atoms with E-state index in [2.05, 4.69) is 10.4 Å². The van der Waals surface area contributed by atoms with E-state index in [0.717, 1.165) is 16.1 Å². The number of para-hydroxylation sites is 1. The lowest BCUT2D eigenvalue weighted by molar-refractivity contribution is -0.119. The topological polar surface area (TPSA) is 87.8 Å². The molecule has 3 aromatic rings. The number of nitrogens with one attached hydrogen (secondary N) is 1. The third-order valence-electron chi connectivity index (χ3n) is 4.76. The summed E-state index contributed by atoms with van der Waals surface area (Å²) in [5, 5.41) is 11.0. The minimum atomic E-state index is -0.685. The lowest BCUT2D eigenvalue weighted by Crippen LogP contribution is -2.40. The molecule has 2 heterocycles. The van der Waals surface area contributed by atoms with Gasteiger partial charge in [-0.15, -0.1) is 11.3 Å². The molecule has 7 heteroatoms. The SMILES string of the molecule is NC(=O)[C@@H]1CC(C(=O)N[C@H](c2ccccc2)c2cccs2)=NN1c1ccccc1. The van der Waals surface area contributed by atoms with Crippen LogP contribution in [0.25, 0.3) is 0 Å². The van der Waals surface area contributed by atoms with Crippen LogP contribution in [0.15, 0.2) is 83.3 Å². The normalized spacial score (nSPS) is 16.9. The number of nitrogens with two attached hydrogens (primary N) is 1. The predicted molar refractivity (Wildman–Crippen MR) is 115 cm³/mol. The van der Waals surface area contributed by atoms with Crippen molar-refractivity contribution in [3.63, 3.8) is 0 Å². The van der Waals surface area contributed by atoms with Crippen molar-refractivity contribution in [2.45, 2.75) is 18.5 Å². The molecular weight excluding hydrogens is 384 g/mol. The van der Waals surface area contributed by atoms with Crippen LogP contribution < -0.4 is 16.1 Å². The monoisotopic (exact) mass is 404 g/mol. The van der Waals surface area contributed by atoms with E-state index in [1.807, 2.05) is 78.2 Å². The molecule has 2 atom stereocenters. The maximum Gasteiger partial charge on any atom is 0.268 e. The molecule has 0 radical (unpaired) electrons. The average Bonchev–Trinajstić information content (AvgIpc) is 3.43. The maximum absolute atomic E-state index is 13.1. The first-order valence-corrected chi connectivity index (χ1v) is 10.1. The number of benzene rings is 2. The molecule has 4 rings (SSSR count). The summed E-state index contributed by atoms with van der Waals surface area (Å²) in [6.45, 7) is 0. The van der Waals surface area contributed by atoms with Crippen molar-refractivity contribution in [2.24, 2.45) is 10.8 Å². The van der Waals surface area contributed by atoms with E-state index in [0.29, 0.717) is 0 Å². The number of anilines is 1. The summed E-state index contributed by atoms with van der Waals surface area (Å²) < 4.78 is 0. The highest BCUT2D eigenvalue weighted by molar-refractivity contribution is 7.10. The van der Waals surface area contributed by atoms with E-state index in [1.165, 1.54) is 5.01 Å². The molecule has 1 aliphatic heterocycles. The van der Waals surface area contributed by atoms with Crippen molar-refractivity contribution in [2.75, 3.05) is 5.01 Å². The first kappa shape index (κ1) is 18.9. The van der Waals surface area contributed by atoms with Crippen LogP contribution in [-0.4, -0.2) is 23.6 Å². The number of carbonyl (C=O) groups excluding carboxylic acids is 2. The zero-order chi connectivity index (χ0) is 20.2. The third-order valence-corrected chi connectivity index (χ3v) is 5.69. The van der Waals surface area contributed by atoms with E-state index in [-0.39, 0.29) is 24.1 Å². The Kier molecular flexibility index (Phi) is 5.39. The van der Waals surface area contributed by atoms with Crippen molar-refractivity contribution in [3.05, 3.63) is 88.6 Å². The predicted octanol–water partition coefficient (Wildman–Crippen LogP) is 3.07. The highest BCUT2D eigenvalue weighted by Crippen LogP contribution is 2.28. The number of hydrogen-bond acceptors (Lipinski definition) is 5. The summed E-state index contributed by atoms with van der Waals surface area (Å²) in [6.07, 6.45) is 0.169. The van der Waals surface area contributed by atoms with Crippen LogP contribution >= 0.6 is 11.3 Å². The fraction of sp³-hybridized carbons (Fsp3) is 0.136. The lowest BCUT2D eigenvalue weighted by Gasteiger charge is -2.20. The van der Waals surface area contributed by atoms with Gasteiger partial charge in [0, 0.05) is 11.3 Å². The van der Waals surface area contributed by atoms with E-state index >= 15 is 0 Å². The van der Waals surface area contributed by atoms with E-state index in [4.69, 9.17) is 5.73 Å². The van der Waals surface area contributed by atoms with Gasteiger partial charge in [-0.2, -0.15) is 5.10 Å². The minimum Gasteiger partial charge on any atom is -0.368 e. The molecule has 0 bridgehead atoms. The second-order valence-electron chi connectivity index (χ2n) is 6.68. The fourth-order valence-electron chi connectivity index (χ4n) is 3.32. The van der Waals surface area contributed by atoms with Gasteiger partial charge in [-0.05, 0) is 29.1 Å². The van der Waals surface area contributed by atoms with Crippen molar-refractivity contribution in [1.82, 2.24) is 5.32 Å². The third kappa shape index (κ3) is 4.05. The van der Waals surface area contributed by atoms with Crippen LogP contribution in [0.5, 0.6) is 0 Å². The quantitative estimate of drug-likeness (QED) is 0.662. The Balaban J connectivity index is 1.60. The molecule has 0 aliphatic carbocycles. The van der Waals surface area contributed by atoms with Crippen molar-refractivity contribution in [1.29, 1.82) is 0 Å². The number of amides is 2. The second-order valence-corrected chi connectivity index (χ2v) is 7.66. The van der Waals surface area contributed by atoms with Gasteiger partial charge in [-0.3, -0.25) is 14.6 Å². The Morgan fingerprint density at radius 2 is 1.72 bits per heavy atom. The summed E-state index contributed by atoms with van der Waals surface area (Å²) in [4.78, 5) is 26.0. The molecule has 1 aliphatic rings. The molecule has 2 amide bonds. The van der Waals surface area contributed by atoms with Crippen LogP contribution in [-0.2, 0) is 9.59 Å². The number of thiophene rings is 1. The molecule has 29 heavy (non-hydrogen) atoms. The first-order valence-electron chi connectivity index (χ1n) is 9.24. The zero-order valence-electron chi connectivity index (χ0n) is 15.6. The van der Waals surface area contributed by atoms with Gasteiger partial charge in [0.1, 0.15) is 11.8 Å². The largest absolute Gasteiger partial charge is 0.368 e. The first-order chi connectivity index (χ1) is 14.1. The van der Waals surface area contributed by atoms with Gasteiger partial charge in [0.15, 0.2) is 0 Å². The highest BCUT2D eigenvalue weighted by atomic mass is 32.1. The Hall–Kier alpha value is -3.45. The molecule has 146 valence electrons. The molecule has 0 saturated carbocycles. The highest BCUT2D eigenvalue weighted by Gasteiger charge is 2.35. The van der Waals surface area contributed by atoms with Crippen molar-refractivity contribution >= 4 is 34.6 Å². The summed E-state index contributed by atoms with van der Waals surface area (Å²) in [5.74, 6) is -0.824. The standard InChI is InChI=1S/C22H20N4O2S/c23-21(27)18-14-17(25-26(18)16-10-5-2-6-11-16)22(28)24-20(19-12-7-13-29-19)15-8-3-1-4-9-15/h1-13,18,20H,14H2,(H2,23,27)(H,24,28)/t18-,20+/m0/s1. The van der Waals surface area contributed by atoms with Crippen LogP contribution in [0.1, 0.15) is 22.9 Å². The Labute approximate surface area is 172 Å². The van der Waals surface area contributed by atoms with Gasteiger partial charge >= 0.3 is 0 Å². The van der Waals surface area contributed by atoms with Crippen LogP contribution in [0, 0.1) is 0 Å². The molecule has 2 aromatic carbocycles. The second kappa shape index (κ2) is 8.28. The molecule has 0 saturated heterocycles. The zero-order valence-corrected chi connectivity index (χ0v) is 16.4. The van der Waals surface area contributed by atoms with Gasteiger partial charge in [0.2, 0.25) is 5.91 Å². The molecule has 0 unspecified atom stereocenters. The number of hydrazone groups is 1. The lowest BCUT2D eigenvalue weighted by atomic mass is 10.0.